The molecule has 0 unspecified atom stereocenters. The van der Waals surface area contributed by atoms with Crippen LogP contribution in [0.4, 0.5) is 0 Å². The molecule has 0 radical (unpaired) electrons. The molecule has 0 saturated heterocycles. The smallest absolute Gasteiger partial charge is 0.194 e. The maximum atomic E-state index is 5.75. The molecule has 2 heterocycles. The van der Waals surface area contributed by atoms with Gasteiger partial charge in [-0.2, -0.15) is 0 Å². The molecule has 4 heteroatoms. The number of halogens is 1. The Morgan fingerprint density at radius 2 is 2.56 bits per heavy atom. The van der Waals surface area contributed by atoms with Crippen molar-refractivity contribution in [1.82, 2.24) is 9.38 Å². The van der Waals surface area contributed by atoms with E-state index in [1.54, 1.807) is 17.5 Å². The molecule has 2 rings (SSSR count). The zero-order valence-corrected chi connectivity index (χ0v) is 5.99. The molecular weight excluding hydrogens is 156 g/mol. The lowest BCUT2D eigenvalue weighted by molar-refractivity contribution is 1.23. The van der Waals surface area contributed by atoms with Gasteiger partial charge in [-0.05, 0) is 0 Å². The summed E-state index contributed by atoms with van der Waals surface area (Å²) in [5, 5.41) is 2.59. The van der Waals surface area contributed by atoms with E-state index in [4.69, 9.17) is 11.6 Å². The van der Waals surface area contributed by atoms with Crippen molar-refractivity contribution in [3.05, 3.63) is 22.9 Å². The van der Waals surface area contributed by atoms with Crippen LogP contribution in [0.5, 0.6) is 0 Å². The van der Waals surface area contributed by atoms with Gasteiger partial charge in [0, 0.05) is 17.8 Å². The molecule has 2 aromatic heterocycles. The van der Waals surface area contributed by atoms with E-state index in [1.807, 2.05) is 16.0 Å². The predicted molar refractivity (Wildman–Crippen MR) is 38.1 cm³/mol. The van der Waals surface area contributed by atoms with Gasteiger partial charge in [0.1, 0.15) is 5.15 Å². The fraction of sp³-hybridized carbons (Fsp3) is 0. The van der Waals surface area contributed by atoms with Gasteiger partial charge in [-0.1, -0.05) is 11.6 Å². The van der Waals surface area contributed by atoms with Gasteiger partial charge < -0.3 is 0 Å². The van der Waals surface area contributed by atoms with Crippen molar-refractivity contribution in [3.63, 3.8) is 0 Å². The summed E-state index contributed by atoms with van der Waals surface area (Å²) in [7, 11) is 0. The minimum absolute atomic E-state index is 0.729. The van der Waals surface area contributed by atoms with Gasteiger partial charge in [0.25, 0.3) is 0 Å². The second-order valence-electron chi connectivity index (χ2n) is 1.64. The molecule has 0 fully saturated rings. The number of hydrogen-bond acceptors (Lipinski definition) is 2. The number of aromatic nitrogens is 2. The molecule has 0 bridgehead atoms. The number of hydrogen-bond donors (Lipinski definition) is 0. The van der Waals surface area contributed by atoms with Crippen LogP contribution in [-0.2, 0) is 0 Å². The first-order chi connectivity index (χ1) is 4.38. The maximum Gasteiger partial charge on any atom is 0.194 e. The van der Waals surface area contributed by atoms with Crippen LogP contribution < -0.4 is 0 Å². The number of imidazole rings is 1. The third-order valence-corrected chi connectivity index (χ3v) is 2.37. The Kier molecular flexibility index (Phi) is 1.00. The largest absolute Gasteiger partial charge is 0.281 e. The molecule has 0 aromatic carbocycles. The van der Waals surface area contributed by atoms with Crippen molar-refractivity contribution in [2.45, 2.75) is 0 Å². The number of nitrogens with zero attached hydrogens (tertiary/aromatic N) is 2. The number of fused-ring (bicyclic) bond motifs is 1. The Morgan fingerprint density at radius 1 is 1.67 bits per heavy atom. The molecule has 2 aromatic rings. The number of rotatable bonds is 0. The van der Waals surface area contributed by atoms with Crippen molar-refractivity contribution in [1.29, 1.82) is 0 Å². The van der Waals surface area contributed by atoms with Crippen LogP contribution in [0.2, 0.25) is 5.15 Å². The lowest BCUT2D eigenvalue weighted by atomic mass is 10.9. The second kappa shape index (κ2) is 1.72. The van der Waals surface area contributed by atoms with Gasteiger partial charge >= 0.3 is 0 Å². The highest BCUT2D eigenvalue weighted by Gasteiger charge is 1.97. The molecule has 0 aliphatic heterocycles. The van der Waals surface area contributed by atoms with E-state index in [2.05, 4.69) is 4.98 Å². The Bertz CT molecular complexity index is 324. The average Bonchev–Trinajstić information content (AvgIpc) is 2.35. The summed E-state index contributed by atoms with van der Waals surface area (Å²) in [5.74, 6) is 0. The lowest BCUT2D eigenvalue weighted by Gasteiger charge is -1.79. The van der Waals surface area contributed by atoms with E-state index in [1.165, 1.54) is 0 Å². The van der Waals surface area contributed by atoms with E-state index in [-0.39, 0.29) is 0 Å². The molecule has 0 aliphatic rings. The molecule has 2 nitrogen and oxygen atoms in total. The SMILES string of the molecule is Clc1csc2nccn12. The Morgan fingerprint density at radius 3 is 3.33 bits per heavy atom. The second-order valence-corrected chi connectivity index (χ2v) is 2.86. The molecule has 46 valence electrons. The predicted octanol–water partition coefficient (Wildman–Crippen LogP) is 2.05. The minimum Gasteiger partial charge on any atom is -0.281 e. The summed E-state index contributed by atoms with van der Waals surface area (Å²) in [6.45, 7) is 0. The standard InChI is InChI=1S/C5H3ClN2S/c6-4-3-9-5-7-1-2-8(4)5/h1-3H. The van der Waals surface area contributed by atoms with Gasteiger partial charge in [0.05, 0.1) is 0 Å². The highest BCUT2D eigenvalue weighted by atomic mass is 35.5. The van der Waals surface area contributed by atoms with Crippen molar-refractivity contribution in [2.24, 2.45) is 0 Å². The topological polar surface area (TPSA) is 17.3 Å². The molecule has 0 amide bonds. The fourth-order valence-corrected chi connectivity index (χ4v) is 1.73. The average molecular weight is 159 g/mol. The third-order valence-electron chi connectivity index (χ3n) is 1.10. The van der Waals surface area contributed by atoms with Crippen LogP contribution in [0.1, 0.15) is 0 Å². The van der Waals surface area contributed by atoms with E-state index < -0.39 is 0 Å². The highest BCUT2D eigenvalue weighted by Crippen LogP contribution is 2.17. The van der Waals surface area contributed by atoms with Crippen LogP contribution in [0, 0.1) is 0 Å². The Hall–Kier alpha value is -0.540. The minimum atomic E-state index is 0.729. The van der Waals surface area contributed by atoms with E-state index in [0.29, 0.717) is 0 Å². The van der Waals surface area contributed by atoms with Crippen LogP contribution in [-0.4, -0.2) is 9.38 Å². The Labute approximate surface area is 60.7 Å². The maximum absolute atomic E-state index is 5.75. The first-order valence-electron chi connectivity index (χ1n) is 2.44. The molecule has 0 atom stereocenters. The zero-order valence-electron chi connectivity index (χ0n) is 4.41. The zero-order chi connectivity index (χ0) is 6.27. The van der Waals surface area contributed by atoms with Crippen molar-refractivity contribution >= 4 is 27.9 Å². The van der Waals surface area contributed by atoms with Crippen LogP contribution in [0.15, 0.2) is 17.8 Å². The normalized spacial score (nSPS) is 10.8. The summed E-state index contributed by atoms with van der Waals surface area (Å²) in [5.41, 5.74) is 0. The van der Waals surface area contributed by atoms with Crippen LogP contribution >= 0.6 is 22.9 Å². The summed E-state index contributed by atoms with van der Waals surface area (Å²) < 4.78 is 1.84. The van der Waals surface area contributed by atoms with Crippen molar-refractivity contribution < 1.29 is 0 Å². The van der Waals surface area contributed by atoms with E-state index in [9.17, 15) is 0 Å². The van der Waals surface area contributed by atoms with Gasteiger partial charge in [0.2, 0.25) is 0 Å². The molecule has 0 aliphatic carbocycles. The molecule has 0 saturated carbocycles. The van der Waals surface area contributed by atoms with Gasteiger partial charge in [-0.25, -0.2) is 4.98 Å². The van der Waals surface area contributed by atoms with E-state index in [0.717, 1.165) is 10.1 Å². The molecule has 0 N–H and O–H groups in total. The molecular formula is C5H3ClN2S. The molecule has 0 spiro atoms. The van der Waals surface area contributed by atoms with Gasteiger partial charge in [0.15, 0.2) is 4.96 Å². The van der Waals surface area contributed by atoms with E-state index >= 15 is 0 Å². The Balaban J connectivity index is 2.99. The molecule has 9 heavy (non-hydrogen) atoms. The van der Waals surface area contributed by atoms with Crippen LogP contribution in [0.3, 0.4) is 0 Å². The van der Waals surface area contributed by atoms with Gasteiger partial charge in [-0.3, -0.25) is 4.40 Å². The summed E-state index contributed by atoms with van der Waals surface area (Å²) in [6.07, 6.45) is 3.58. The first-order valence-corrected chi connectivity index (χ1v) is 3.70. The fourth-order valence-electron chi connectivity index (χ4n) is 0.698. The highest BCUT2D eigenvalue weighted by molar-refractivity contribution is 7.15. The van der Waals surface area contributed by atoms with Crippen molar-refractivity contribution in [3.8, 4) is 0 Å². The van der Waals surface area contributed by atoms with Crippen LogP contribution in [0.25, 0.3) is 4.96 Å². The van der Waals surface area contributed by atoms with Crippen molar-refractivity contribution in [2.75, 3.05) is 0 Å². The summed E-state index contributed by atoms with van der Waals surface area (Å²) in [4.78, 5) is 4.98. The lowest BCUT2D eigenvalue weighted by Crippen LogP contribution is -1.71. The quantitative estimate of drug-likeness (QED) is 0.574. The summed E-state index contributed by atoms with van der Waals surface area (Å²) >= 11 is 7.29. The third kappa shape index (κ3) is 0.653. The monoisotopic (exact) mass is 158 g/mol. The first kappa shape index (κ1) is 5.26. The summed E-state index contributed by atoms with van der Waals surface area (Å²) in [6, 6.07) is 0. The van der Waals surface area contributed by atoms with Gasteiger partial charge in [-0.15, -0.1) is 11.3 Å². The number of thiazole rings is 1.